The highest BCUT2D eigenvalue weighted by molar-refractivity contribution is 5.40. The van der Waals surface area contributed by atoms with E-state index in [9.17, 15) is 0 Å². The minimum absolute atomic E-state index is 0.840. The Morgan fingerprint density at radius 1 is 1.39 bits per heavy atom. The number of ether oxygens (including phenoxy) is 1. The van der Waals surface area contributed by atoms with Crippen LogP contribution < -0.4 is 10.1 Å². The number of rotatable bonds is 7. The van der Waals surface area contributed by atoms with Crippen LogP contribution in [-0.2, 0) is 6.54 Å². The summed E-state index contributed by atoms with van der Waals surface area (Å²) in [6.07, 6.45) is 7.47. The van der Waals surface area contributed by atoms with Gasteiger partial charge in [-0.25, -0.2) is 0 Å². The van der Waals surface area contributed by atoms with E-state index < -0.39 is 0 Å². The van der Waals surface area contributed by atoms with Gasteiger partial charge in [0, 0.05) is 23.9 Å². The Hall–Kier alpha value is -1.09. The standard InChI is InChI=1S/C15H24N2O/c1-11-9-17-14(12(2)15(11)18-3)10-16-8-4-5-13-6-7-13/h9,13,16H,4-8,10H2,1-3H3. The molecule has 0 atom stereocenters. The maximum atomic E-state index is 5.42. The molecule has 3 nitrogen and oxygen atoms in total. The van der Waals surface area contributed by atoms with Gasteiger partial charge in [-0.15, -0.1) is 0 Å². The Morgan fingerprint density at radius 2 is 2.17 bits per heavy atom. The SMILES string of the molecule is COc1c(C)cnc(CNCCCC2CC2)c1C. The molecule has 2 rings (SSSR count). The Morgan fingerprint density at radius 3 is 2.83 bits per heavy atom. The molecule has 0 amide bonds. The number of aromatic nitrogens is 1. The molecule has 100 valence electrons. The van der Waals surface area contributed by atoms with Crippen LogP contribution in [0.25, 0.3) is 0 Å². The van der Waals surface area contributed by atoms with Crippen LogP contribution in [0.2, 0.25) is 0 Å². The van der Waals surface area contributed by atoms with Crippen molar-refractivity contribution in [2.45, 2.75) is 46.1 Å². The zero-order valence-corrected chi connectivity index (χ0v) is 11.8. The molecule has 1 aromatic rings. The van der Waals surface area contributed by atoms with Crippen LogP contribution in [0.4, 0.5) is 0 Å². The third kappa shape index (κ3) is 3.45. The maximum absolute atomic E-state index is 5.42. The molecule has 0 aliphatic heterocycles. The summed E-state index contributed by atoms with van der Waals surface area (Å²) in [4.78, 5) is 4.49. The summed E-state index contributed by atoms with van der Waals surface area (Å²) in [5, 5.41) is 3.48. The van der Waals surface area contributed by atoms with E-state index in [1.54, 1.807) is 7.11 Å². The molecule has 1 N–H and O–H groups in total. The highest BCUT2D eigenvalue weighted by atomic mass is 16.5. The van der Waals surface area contributed by atoms with E-state index in [1.165, 1.54) is 25.7 Å². The van der Waals surface area contributed by atoms with Crippen LogP contribution in [0.3, 0.4) is 0 Å². The lowest BCUT2D eigenvalue weighted by Crippen LogP contribution is -2.17. The lowest BCUT2D eigenvalue weighted by atomic mass is 10.1. The van der Waals surface area contributed by atoms with Crippen molar-refractivity contribution < 1.29 is 4.74 Å². The van der Waals surface area contributed by atoms with E-state index in [0.29, 0.717) is 0 Å². The highest BCUT2D eigenvalue weighted by Gasteiger charge is 2.19. The van der Waals surface area contributed by atoms with Crippen molar-refractivity contribution in [3.8, 4) is 5.75 Å². The fourth-order valence-corrected chi connectivity index (χ4v) is 2.38. The van der Waals surface area contributed by atoms with E-state index in [-0.39, 0.29) is 0 Å². The van der Waals surface area contributed by atoms with Crippen molar-refractivity contribution in [2.24, 2.45) is 5.92 Å². The number of nitrogens with zero attached hydrogens (tertiary/aromatic N) is 1. The Balaban J connectivity index is 1.80. The molecule has 0 spiro atoms. The molecule has 1 aliphatic carbocycles. The first kappa shape index (κ1) is 13.3. The van der Waals surface area contributed by atoms with Gasteiger partial charge in [-0.05, 0) is 39.2 Å². The van der Waals surface area contributed by atoms with E-state index in [1.807, 2.05) is 13.1 Å². The summed E-state index contributed by atoms with van der Waals surface area (Å²) in [6, 6.07) is 0. The van der Waals surface area contributed by atoms with Gasteiger partial charge in [0.25, 0.3) is 0 Å². The summed E-state index contributed by atoms with van der Waals surface area (Å²) < 4.78 is 5.42. The smallest absolute Gasteiger partial charge is 0.128 e. The van der Waals surface area contributed by atoms with Gasteiger partial charge in [-0.2, -0.15) is 0 Å². The number of hydrogen-bond donors (Lipinski definition) is 1. The average Bonchev–Trinajstić information content (AvgIpc) is 3.16. The van der Waals surface area contributed by atoms with Gasteiger partial charge in [0.1, 0.15) is 5.75 Å². The monoisotopic (exact) mass is 248 g/mol. The summed E-state index contributed by atoms with van der Waals surface area (Å²) in [5.41, 5.74) is 3.36. The Bertz CT molecular complexity index is 400. The van der Waals surface area contributed by atoms with Crippen LogP contribution in [-0.4, -0.2) is 18.6 Å². The summed E-state index contributed by atoms with van der Waals surface area (Å²) in [7, 11) is 1.72. The molecule has 0 saturated heterocycles. The largest absolute Gasteiger partial charge is 0.496 e. The van der Waals surface area contributed by atoms with E-state index in [0.717, 1.165) is 41.6 Å². The van der Waals surface area contributed by atoms with Gasteiger partial charge in [0.2, 0.25) is 0 Å². The number of hydrogen-bond acceptors (Lipinski definition) is 3. The lowest BCUT2D eigenvalue weighted by Gasteiger charge is -2.12. The van der Waals surface area contributed by atoms with Gasteiger partial charge >= 0.3 is 0 Å². The van der Waals surface area contributed by atoms with Gasteiger partial charge in [0.05, 0.1) is 12.8 Å². The predicted octanol–water partition coefficient (Wildman–Crippen LogP) is 2.99. The lowest BCUT2D eigenvalue weighted by molar-refractivity contribution is 0.406. The van der Waals surface area contributed by atoms with E-state index >= 15 is 0 Å². The molecule has 0 bridgehead atoms. The average molecular weight is 248 g/mol. The first-order chi connectivity index (χ1) is 8.72. The summed E-state index contributed by atoms with van der Waals surface area (Å²) in [6.45, 7) is 6.05. The van der Waals surface area contributed by atoms with Crippen molar-refractivity contribution in [3.05, 3.63) is 23.0 Å². The van der Waals surface area contributed by atoms with Crippen molar-refractivity contribution in [1.82, 2.24) is 10.3 Å². The Kier molecular flexibility index (Phi) is 4.59. The van der Waals surface area contributed by atoms with E-state index in [4.69, 9.17) is 4.74 Å². The summed E-state index contributed by atoms with van der Waals surface area (Å²) in [5.74, 6) is 2.01. The normalized spacial score (nSPS) is 14.8. The second kappa shape index (κ2) is 6.19. The molecule has 1 saturated carbocycles. The minimum Gasteiger partial charge on any atom is -0.496 e. The third-order valence-electron chi connectivity index (χ3n) is 3.71. The van der Waals surface area contributed by atoms with Crippen molar-refractivity contribution in [1.29, 1.82) is 0 Å². The topological polar surface area (TPSA) is 34.1 Å². The van der Waals surface area contributed by atoms with Gasteiger partial charge in [-0.3, -0.25) is 4.98 Å². The fourth-order valence-electron chi connectivity index (χ4n) is 2.38. The highest BCUT2D eigenvalue weighted by Crippen LogP contribution is 2.33. The number of pyridine rings is 1. The quantitative estimate of drug-likeness (QED) is 0.753. The second-order valence-corrected chi connectivity index (χ2v) is 5.31. The number of methoxy groups -OCH3 is 1. The van der Waals surface area contributed by atoms with Gasteiger partial charge in [-0.1, -0.05) is 12.8 Å². The Labute approximate surface area is 110 Å². The molecule has 1 fully saturated rings. The molecule has 0 unspecified atom stereocenters. The molecule has 1 aliphatic rings. The molecule has 1 aromatic heterocycles. The first-order valence-electron chi connectivity index (χ1n) is 6.92. The van der Waals surface area contributed by atoms with Crippen LogP contribution in [0, 0.1) is 19.8 Å². The van der Waals surface area contributed by atoms with Crippen LogP contribution >= 0.6 is 0 Å². The predicted molar refractivity (Wildman–Crippen MR) is 73.9 cm³/mol. The van der Waals surface area contributed by atoms with Gasteiger partial charge < -0.3 is 10.1 Å². The first-order valence-corrected chi connectivity index (χ1v) is 6.92. The zero-order valence-electron chi connectivity index (χ0n) is 11.8. The fraction of sp³-hybridized carbons (Fsp3) is 0.667. The minimum atomic E-state index is 0.840. The molecule has 3 heteroatoms. The maximum Gasteiger partial charge on any atom is 0.128 e. The number of aryl methyl sites for hydroxylation is 1. The van der Waals surface area contributed by atoms with Crippen LogP contribution in [0.1, 0.15) is 42.5 Å². The molecule has 18 heavy (non-hydrogen) atoms. The zero-order chi connectivity index (χ0) is 13.0. The second-order valence-electron chi connectivity index (χ2n) is 5.31. The molecular weight excluding hydrogens is 224 g/mol. The third-order valence-corrected chi connectivity index (χ3v) is 3.71. The van der Waals surface area contributed by atoms with Crippen molar-refractivity contribution >= 4 is 0 Å². The van der Waals surface area contributed by atoms with Crippen LogP contribution in [0.15, 0.2) is 6.20 Å². The van der Waals surface area contributed by atoms with Crippen LogP contribution in [0.5, 0.6) is 5.75 Å². The number of nitrogens with one attached hydrogen (secondary N) is 1. The van der Waals surface area contributed by atoms with E-state index in [2.05, 4.69) is 17.2 Å². The molecule has 0 aromatic carbocycles. The van der Waals surface area contributed by atoms with Gasteiger partial charge in [0.15, 0.2) is 0 Å². The molecule has 1 heterocycles. The summed E-state index contributed by atoms with van der Waals surface area (Å²) >= 11 is 0. The van der Waals surface area contributed by atoms with Crippen molar-refractivity contribution in [2.75, 3.05) is 13.7 Å². The molecule has 0 radical (unpaired) electrons. The molecular formula is C15H24N2O. The van der Waals surface area contributed by atoms with Crippen molar-refractivity contribution in [3.63, 3.8) is 0 Å².